The van der Waals surface area contributed by atoms with Gasteiger partial charge in [0.1, 0.15) is 5.58 Å². The van der Waals surface area contributed by atoms with Crippen molar-refractivity contribution in [1.82, 2.24) is 4.90 Å². The van der Waals surface area contributed by atoms with Gasteiger partial charge in [-0.3, -0.25) is 4.90 Å². The second-order valence-electron chi connectivity index (χ2n) is 4.52. The first-order valence-electron chi connectivity index (χ1n) is 6.13. The molecule has 0 aliphatic carbocycles. The number of para-hydroxylation sites is 1. The molecule has 2 aromatic rings. The SMILES string of the molecule is CN(Cc1coc2ccccc12)C(CO)CCO. The molecule has 0 aliphatic heterocycles. The van der Waals surface area contributed by atoms with E-state index in [9.17, 15) is 5.11 Å². The molecule has 4 nitrogen and oxygen atoms in total. The van der Waals surface area contributed by atoms with Crippen molar-refractivity contribution in [3.8, 4) is 0 Å². The summed E-state index contributed by atoms with van der Waals surface area (Å²) in [5, 5.41) is 19.4. The Balaban J connectivity index is 2.13. The molecule has 1 atom stereocenters. The number of rotatable bonds is 6. The van der Waals surface area contributed by atoms with E-state index in [2.05, 4.69) is 0 Å². The molecule has 2 rings (SSSR count). The normalized spacial score (nSPS) is 13.3. The van der Waals surface area contributed by atoms with E-state index in [4.69, 9.17) is 9.52 Å². The molecule has 0 bridgehead atoms. The highest BCUT2D eigenvalue weighted by molar-refractivity contribution is 5.80. The predicted molar refractivity (Wildman–Crippen MR) is 70.3 cm³/mol. The minimum atomic E-state index is -0.0244. The van der Waals surface area contributed by atoms with E-state index in [0.29, 0.717) is 13.0 Å². The smallest absolute Gasteiger partial charge is 0.134 e. The third kappa shape index (κ3) is 2.72. The Hall–Kier alpha value is -1.36. The summed E-state index contributed by atoms with van der Waals surface area (Å²) < 4.78 is 5.48. The minimum Gasteiger partial charge on any atom is -0.464 e. The highest BCUT2D eigenvalue weighted by Gasteiger charge is 2.15. The average molecular weight is 249 g/mol. The topological polar surface area (TPSA) is 56.8 Å². The van der Waals surface area contributed by atoms with Crippen molar-refractivity contribution in [2.75, 3.05) is 20.3 Å². The Kier molecular flexibility index (Phi) is 4.36. The van der Waals surface area contributed by atoms with Gasteiger partial charge < -0.3 is 14.6 Å². The summed E-state index contributed by atoms with van der Waals surface area (Å²) in [5.41, 5.74) is 1.98. The standard InChI is InChI=1S/C14H19NO3/c1-15(12(9-17)6-7-16)8-11-10-18-14-5-3-2-4-13(11)14/h2-5,10,12,16-17H,6-9H2,1H3. The Morgan fingerprint density at radius 3 is 2.78 bits per heavy atom. The lowest BCUT2D eigenvalue weighted by atomic mass is 10.1. The van der Waals surface area contributed by atoms with Crippen LogP contribution in [0.2, 0.25) is 0 Å². The zero-order valence-corrected chi connectivity index (χ0v) is 10.5. The first kappa shape index (κ1) is 13.1. The highest BCUT2D eigenvalue weighted by Crippen LogP contribution is 2.22. The summed E-state index contributed by atoms with van der Waals surface area (Å²) in [4.78, 5) is 2.04. The van der Waals surface area contributed by atoms with Crippen molar-refractivity contribution in [1.29, 1.82) is 0 Å². The minimum absolute atomic E-state index is 0.0244. The van der Waals surface area contributed by atoms with Crippen LogP contribution in [0.25, 0.3) is 11.0 Å². The van der Waals surface area contributed by atoms with Crippen molar-refractivity contribution in [3.05, 3.63) is 36.1 Å². The molecule has 0 spiro atoms. The molecule has 1 heterocycles. The summed E-state index contributed by atoms with van der Waals surface area (Å²) in [6.45, 7) is 0.830. The molecule has 1 unspecified atom stereocenters. The molecule has 0 saturated heterocycles. The quantitative estimate of drug-likeness (QED) is 0.816. The Morgan fingerprint density at radius 1 is 1.28 bits per heavy atom. The Morgan fingerprint density at radius 2 is 2.06 bits per heavy atom. The molecular weight excluding hydrogens is 230 g/mol. The molecule has 0 aliphatic rings. The molecule has 98 valence electrons. The van der Waals surface area contributed by atoms with Gasteiger partial charge in [0.25, 0.3) is 0 Å². The van der Waals surface area contributed by atoms with Crippen LogP contribution in [0.5, 0.6) is 0 Å². The van der Waals surface area contributed by atoms with E-state index in [1.807, 2.05) is 36.2 Å². The predicted octanol–water partition coefficient (Wildman–Crippen LogP) is 1.61. The molecule has 2 N–H and O–H groups in total. The van der Waals surface area contributed by atoms with E-state index in [-0.39, 0.29) is 19.3 Å². The molecule has 1 aromatic heterocycles. The second kappa shape index (κ2) is 6.00. The van der Waals surface area contributed by atoms with Gasteiger partial charge in [-0.1, -0.05) is 18.2 Å². The zero-order chi connectivity index (χ0) is 13.0. The average Bonchev–Trinajstić information content (AvgIpc) is 2.79. The van der Waals surface area contributed by atoms with Crippen LogP contribution in [0.3, 0.4) is 0 Å². The number of hydrogen-bond donors (Lipinski definition) is 2. The summed E-state index contributed by atoms with van der Waals surface area (Å²) in [6.07, 6.45) is 2.33. The number of hydrogen-bond acceptors (Lipinski definition) is 4. The Labute approximate surface area is 106 Å². The van der Waals surface area contributed by atoms with E-state index in [1.165, 1.54) is 0 Å². The fraction of sp³-hybridized carbons (Fsp3) is 0.429. The van der Waals surface area contributed by atoms with Crippen LogP contribution in [0.15, 0.2) is 34.9 Å². The number of benzene rings is 1. The lowest BCUT2D eigenvalue weighted by Crippen LogP contribution is -2.34. The van der Waals surface area contributed by atoms with Crippen LogP contribution in [-0.2, 0) is 6.54 Å². The molecule has 0 amide bonds. The van der Waals surface area contributed by atoms with Crippen molar-refractivity contribution in [2.24, 2.45) is 0 Å². The van der Waals surface area contributed by atoms with E-state index < -0.39 is 0 Å². The number of nitrogens with zero attached hydrogens (tertiary/aromatic N) is 1. The van der Waals surface area contributed by atoms with Gasteiger partial charge >= 0.3 is 0 Å². The van der Waals surface area contributed by atoms with Crippen LogP contribution >= 0.6 is 0 Å². The fourth-order valence-electron chi connectivity index (χ4n) is 2.15. The molecule has 0 radical (unpaired) electrons. The molecule has 0 saturated carbocycles. The van der Waals surface area contributed by atoms with Crippen LogP contribution in [0, 0.1) is 0 Å². The molecule has 4 heteroatoms. The summed E-state index contributed by atoms with van der Waals surface area (Å²) >= 11 is 0. The van der Waals surface area contributed by atoms with Gasteiger partial charge in [0.2, 0.25) is 0 Å². The summed E-state index contributed by atoms with van der Waals surface area (Å²) in [5.74, 6) is 0. The number of fused-ring (bicyclic) bond motifs is 1. The maximum Gasteiger partial charge on any atom is 0.134 e. The van der Waals surface area contributed by atoms with Crippen LogP contribution in [0.1, 0.15) is 12.0 Å². The van der Waals surface area contributed by atoms with Gasteiger partial charge in [-0.25, -0.2) is 0 Å². The molecular formula is C14H19NO3. The lowest BCUT2D eigenvalue weighted by Gasteiger charge is -2.25. The molecule has 1 aromatic carbocycles. The van der Waals surface area contributed by atoms with Gasteiger partial charge in [0.05, 0.1) is 12.9 Å². The molecule has 0 fully saturated rings. The van der Waals surface area contributed by atoms with Crippen LogP contribution in [-0.4, -0.2) is 41.4 Å². The number of furan rings is 1. The maximum absolute atomic E-state index is 9.29. The molecule has 18 heavy (non-hydrogen) atoms. The van der Waals surface area contributed by atoms with Gasteiger partial charge in [-0.2, -0.15) is 0 Å². The van der Waals surface area contributed by atoms with Gasteiger partial charge in [-0.05, 0) is 19.5 Å². The van der Waals surface area contributed by atoms with Gasteiger partial charge in [-0.15, -0.1) is 0 Å². The highest BCUT2D eigenvalue weighted by atomic mass is 16.3. The Bertz CT molecular complexity index is 494. The van der Waals surface area contributed by atoms with Crippen LogP contribution in [0.4, 0.5) is 0 Å². The largest absolute Gasteiger partial charge is 0.464 e. The zero-order valence-electron chi connectivity index (χ0n) is 10.5. The van der Waals surface area contributed by atoms with Crippen LogP contribution < -0.4 is 0 Å². The fourth-order valence-corrected chi connectivity index (χ4v) is 2.15. The number of likely N-dealkylation sites (N-methyl/N-ethyl adjacent to an activating group) is 1. The van der Waals surface area contributed by atoms with Crippen molar-refractivity contribution < 1.29 is 14.6 Å². The first-order valence-corrected chi connectivity index (χ1v) is 6.13. The van der Waals surface area contributed by atoms with E-state index in [1.54, 1.807) is 6.26 Å². The lowest BCUT2D eigenvalue weighted by molar-refractivity contribution is 0.115. The summed E-state index contributed by atoms with van der Waals surface area (Å²) in [6, 6.07) is 7.88. The van der Waals surface area contributed by atoms with Crippen molar-refractivity contribution in [3.63, 3.8) is 0 Å². The first-order chi connectivity index (χ1) is 8.76. The second-order valence-corrected chi connectivity index (χ2v) is 4.52. The van der Waals surface area contributed by atoms with E-state index in [0.717, 1.165) is 16.5 Å². The number of aliphatic hydroxyl groups excluding tert-OH is 2. The third-order valence-electron chi connectivity index (χ3n) is 3.28. The maximum atomic E-state index is 9.29. The van der Waals surface area contributed by atoms with E-state index >= 15 is 0 Å². The monoisotopic (exact) mass is 249 g/mol. The van der Waals surface area contributed by atoms with Crippen molar-refractivity contribution >= 4 is 11.0 Å². The third-order valence-corrected chi connectivity index (χ3v) is 3.28. The number of aliphatic hydroxyl groups is 2. The summed E-state index contributed by atoms with van der Waals surface area (Å²) in [7, 11) is 1.94. The van der Waals surface area contributed by atoms with Crippen molar-refractivity contribution in [2.45, 2.75) is 19.0 Å². The van der Waals surface area contributed by atoms with Gasteiger partial charge in [0.15, 0.2) is 0 Å². The van der Waals surface area contributed by atoms with Gasteiger partial charge in [0, 0.05) is 30.1 Å².